The molecular weight excluding hydrogens is 411 g/mol. The molecule has 0 aromatic carbocycles. The highest BCUT2D eigenvalue weighted by atomic mass is 31.1. The molecule has 192 valence electrons. The summed E-state index contributed by atoms with van der Waals surface area (Å²) in [5, 5.41) is 0. The van der Waals surface area contributed by atoms with Gasteiger partial charge in [-0.3, -0.25) is 9.59 Å². The van der Waals surface area contributed by atoms with E-state index in [-0.39, 0.29) is 22.7 Å². The molecule has 0 radical (unpaired) electrons. The van der Waals surface area contributed by atoms with E-state index < -0.39 is 0 Å². The maximum atomic E-state index is 11.9. The lowest BCUT2D eigenvalue weighted by molar-refractivity contribution is -0.124. The van der Waals surface area contributed by atoms with E-state index in [1.54, 1.807) is 0 Å². The first-order chi connectivity index (χ1) is 14.2. The van der Waals surface area contributed by atoms with Crippen molar-refractivity contribution in [1.82, 2.24) is 0 Å². The minimum absolute atomic E-state index is 0.174. The Bertz CT molecular complexity index is 539. The summed E-state index contributed by atoms with van der Waals surface area (Å²) in [7, 11) is 0.975. The van der Waals surface area contributed by atoms with E-state index in [1.165, 1.54) is 18.7 Å². The number of rotatable bonds is 14. The van der Waals surface area contributed by atoms with Gasteiger partial charge in [-0.2, -0.15) is 0 Å². The van der Waals surface area contributed by atoms with Crippen LogP contribution in [0, 0.1) is 39.9 Å². The van der Waals surface area contributed by atoms with Crippen LogP contribution < -0.4 is 0 Å². The van der Waals surface area contributed by atoms with Crippen molar-refractivity contribution in [2.75, 3.05) is 12.3 Å². The molecule has 0 aromatic heterocycles. The summed E-state index contributed by atoms with van der Waals surface area (Å²) < 4.78 is 0. The van der Waals surface area contributed by atoms with Crippen LogP contribution >= 0.6 is 8.58 Å². The molecule has 0 aliphatic rings. The second-order valence-corrected chi connectivity index (χ2v) is 15.1. The van der Waals surface area contributed by atoms with Crippen molar-refractivity contribution in [2.24, 2.45) is 39.9 Å². The molecule has 1 atom stereocenters. The fourth-order valence-corrected chi connectivity index (χ4v) is 6.26. The predicted octanol–water partition coefficient (Wildman–Crippen LogP) is 9.05. The molecule has 0 fully saturated rings. The monoisotopic (exact) mass is 470 g/mol. The molecule has 0 heterocycles. The van der Waals surface area contributed by atoms with E-state index in [9.17, 15) is 9.59 Å². The Hall–Kier alpha value is -0.230. The Morgan fingerprint density at radius 2 is 0.875 bits per heavy atom. The molecule has 0 amide bonds. The molecule has 0 saturated carbocycles. The molecule has 0 aliphatic carbocycles. The van der Waals surface area contributed by atoms with E-state index in [0.717, 1.165) is 33.8 Å². The Labute approximate surface area is 204 Å². The third kappa shape index (κ3) is 19.3. The zero-order chi connectivity index (χ0) is 25.9. The van der Waals surface area contributed by atoms with Gasteiger partial charge in [0, 0.05) is 24.7 Å². The third-order valence-electron chi connectivity index (χ3n) is 5.72. The highest BCUT2D eigenvalue weighted by Crippen LogP contribution is 2.37. The van der Waals surface area contributed by atoms with E-state index in [1.807, 2.05) is 27.7 Å². The first-order valence-corrected chi connectivity index (χ1v) is 14.4. The van der Waals surface area contributed by atoms with Crippen molar-refractivity contribution in [3.05, 3.63) is 0 Å². The van der Waals surface area contributed by atoms with Crippen LogP contribution in [0.1, 0.15) is 123 Å². The molecule has 0 spiro atoms. The molecule has 0 aromatic rings. The molecule has 0 saturated heterocycles. The minimum Gasteiger partial charge on any atom is -0.299 e. The number of carbonyl (C=O) groups is 2. The van der Waals surface area contributed by atoms with Gasteiger partial charge in [-0.05, 0) is 53.2 Å². The summed E-state index contributed by atoms with van der Waals surface area (Å²) in [6.07, 6.45) is 6.37. The fraction of sp³-hybridized carbons (Fsp3) is 0.931. The number of hydrogen-bond donors (Lipinski definition) is 0. The predicted molar refractivity (Wildman–Crippen MR) is 147 cm³/mol. The second kappa shape index (κ2) is 14.9. The largest absolute Gasteiger partial charge is 0.299 e. The molecule has 0 aliphatic heterocycles. The molecular formula is C29H59O2P. The first-order valence-electron chi connectivity index (χ1n) is 13.0. The number of hydrogen-bond acceptors (Lipinski definition) is 2. The molecule has 2 nitrogen and oxygen atoms in total. The van der Waals surface area contributed by atoms with Gasteiger partial charge in [-0.1, -0.05) is 96.9 Å². The Morgan fingerprint density at radius 1 is 0.562 bits per heavy atom. The van der Waals surface area contributed by atoms with Crippen LogP contribution in [0.25, 0.3) is 0 Å². The van der Waals surface area contributed by atoms with Crippen molar-refractivity contribution >= 4 is 20.1 Å². The lowest BCUT2D eigenvalue weighted by Crippen LogP contribution is -2.24. The number of Topliss-reactive ketones (excluding diaryl/α,β-unsaturated/α-hetero) is 2. The summed E-state index contributed by atoms with van der Waals surface area (Å²) in [6, 6.07) is 0. The van der Waals surface area contributed by atoms with Crippen LogP contribution in [0.2, 0.25) is 0 Å². The molecule has 3 heteroatoms. The van der Waals surface area contributed by atoms with Crippen LogP contribution in [0.15, 0.2) is 0 Å². The van der Waals surface area contributed by atoms with Crippen molar-refractivity contribution < 1.29 is 9.59 Å². The maximum absolute atomic E-state index is 11.9. The van der Waals surface area contributed by atoms with Gasteiger partial charge in [0.15, 0.2) is 0 Å². The molecule has 1 unspecified atom stereocenters. The highest BCUT2D eigenvalue weighted by Gasteiger charge is 2.26. The molecule has 32 heavy (non-hydrogen) atoms. The van der Waals surface area contributed by atoms with Crippen LogP contribution in [0.4, 0.5) is 0 Å². The van der Waals surface area contributed by atoms with E-state index >= 15 is 0 Å². The van der Waals surface area contributed by atoms with Crippen molar-refractivity contribution in [2.45, 2.75) is 123 Å². The number of ketones is 2. The van der Waals surface area contributed by atoms with Gasteiger partial charge in [-0.15, -0.1) is 8.58 Å². The highest BCUT2D eigenvalue weighted by molar-refractivity contribution is 7.38. The van der Waals surface area contributed by atoms with Crippen LogP contribution in [0.5, 0.6) is 0 Å². The SMILES string of the molecule is CC(C)CC(C)(C)CC(=O)C(C)C.CC(C)CC(C)(C)CPCC(C)(C)CC(=O)C(C)C. The van der Waals surface area contributed by atoms with E-state index in [4.69, 9.17) is 0 Å². The zero-order valence-corrected chi connectivity index (χ0v) is 25.4. The van der Waals surface area contributed by atoms with Crippen molar-refractivity contribution in [3.8, 4) is 0 Å². The summed E-state index contributed by atoms with van der Waals surface area (Å²) in [6.45, 7) is 30.6. The molecule has 0 bridgehead atoms. The summed E-state index contributed by atoms with van der Waals surface area (Å²) in [5.74, 6) is 2.62. The quantitative estimate of drug-likeness (QED) is 0.237. The first kappa shape index (κ1) is 33.9. The van der Waals surface area contributed by atoms with Gasteiger partial charge in [0.1, 0.15) is 11.6 Å². The third-order valence-corrected chi connectivity index (χ3v) is 8.14. The molecule has 0 N–H and O–H groups in total. The van der Waals surface area contributed by atoms with Crippen LogP contribution in [0.3, 0.4) is 0 Å². The lowest BCUT2D eigenvalue weighted by Gasteiger charge is -2.30. The van der Waals surface area contributed by atoms with Gasteiger partial charge in [0.2, 0.25) is 0 Å². The van der Waals surface area contributed by atoms with Gasteiger partial charge in [0.05, 0.1) is 0 Å². The van der Waals surface area contributed by atoms with E-state index in [0.29, 0.717) is 22.9 Å². The van der Waals surface area contributed by atoms with Crippen LogP contribution in [-0.2, 0) is 9.59 Å². The summed E-state index contributed by atoms with van der Waals surface area (Å²) in [4.78, 5) is 23.4. The van der Waals surface area contributed by atoms with Gasteiger partial charge in [-0.25, -0.2) is 0 Å². The minimum atomic E-state index is 0.174. The van der Waals surface area contributed by atoms with Crippen LogP contribution in [-0.4, -0.2) is 23.9 Å². The van der Waals surface area contributed by atoms with Gasteiger partial charge >= 0.3 is 0 Å². The Kier molecular flexibility index (Phi) is 15.8. The van der Waals surface area contributed by atoms with Crippen molar-refractivity contribution in [1.29, 1.82) is 0 Å². The summed E-state index contributed by atoms with van der Waals surface area (Å²) >= 11 is 0. The standard InChI is InChI=1S/C17H35OP.C12H24O/c1-13(2)9-16(5,6)11-19-12-17(7,8)10-15(18)14(3)4;1-9(2)7-12(5,6)8-11(13)10(3)4/h13-14,19H,9-12H2,1-8H3;9-10H,7-8H2,1-6H3. The smallest absolute Gasteiger partial charge is 0.135 e. The Balaban J connectivity index is 0. The second-order valence-electron chi connectivity index (χ2n) is 13.9. The van der Waals surface area contributed by atoms with E-state index in [2.05, 4.69) is 69.2 Å². The molecule has 0 rings (SSSR count). The average molecular weight is 471 g/mol. The lowest BCUT2D eigenvalue weighted by atomic mass is 9.78. The summed E-state index contributed by atoms with van der Waals surface area (Å²) in [5.41, 5.74) is 0.800. The number of carbonyl (C=O) groups excluding carboxylic acids is 2. The van der Waals surface area contributed by atoms with Gasteiger partial charge in [0.25, 0.3) is 0 Å². The van der Waals surface area contributed by atoms with Gasteiger partial charge < -0.3 is 0 Å². The average Bonchev–Trinajstić information content (AvgIpc) is 2.50. The normalized spacial score (nSPS) is 13.4. The maximum Gasteiger partial charge on any atom is 0.135 e. The topological polar surface area (TPSA) is 34.1 Å². The van der Waals surface area contributed by atoms with Crippen molar-refractivity contribution in [3.63, 3.8) is 0 Å². The zero-order valence-electron chi connectivity index (χ0n) is 24.4. The Morgan fingerprint density at radius 3 is 1.22 bits per heavy atom. The fourth-order valence-electron chi connectivity index (χ4n) is 4.51.